The second-order valence-corrected chi connectivity index (χ2v) is 13.6. The van der Waals surface area contributed by atoms with Gasteiger partial charge in [-0.3, -0.25) is 19.2 Å². The first-order valence-corrected chi connectivity index (χ1v) is 15.0. The molecule has 0 bridgehead atoms. The summed E-state index contributed by atoms with van der Waals surface area (Å²) in [4.78, 5) is 60.4. The number of hydrogen-bond acceptors (Lipinski definition) is 4. The minimum absolute atomic E-state index is 0.0499. The Balaban J connectivity index is 1.26. The lowest BCUT2D eigenvalue weighted by Gasteiger charge is -2.47. The molecule has 1 saturated carbocycles. The molecule has 6 nitrogen and oxygen atoms in total. The SMILES string of the molecule is CC(C)(C)[C@@H]1CC[C@H]2c3c([nH]c4ccccc34)[C@H]3C(=O)N(c4ccc5c(c4)C(=O)c4ccccc4C5=O)C(=O)[C@@H]3[C@@H]2C1. The van der Waals surface area contributed by atoms with Crippen molar-refractivity contribution in [2.45, 2.75) is 51.9 Å². The van der Waals surface area contributed by atoms with Gasteiger partial charge in [0.15, 0.2) is 11.6 Å². The van der Waals surface area contributed by atoms with Gasteiger partial charge in [-0.2, -0.15) is 0 Å². The van der Waals surface area contributed by atoms with Gasteiger partial charge in [0, 0.05) is 38.9 Å². The Morgan fingerprint density at radius 2 is 1.43 bits per heavy atom. The molecule has 4 aromatic rings. The molecule has 0 radical (unpaired) electrons. The molecule has 210 valence electrons. The number of amides is 2. The van der Waals surface area contributed by atoms with E-state index in [0.29, 0.717) is 28.3 Å². The number of nitrogens with one attached hydrogen (secondary N) is 1. The molecule has 1 aliphatic heterocycles. The number of ketones is 2. The molecular formula is C36H32N2O4. The summed E-state index contributed by atoms with van der Waals surface area (Å²) >= 11 is 0. The van der Waals surface area contributed by atoms with Gasteiger partial charge in [0.2, 0.25) is 11.8 Å². The number of hydrogen-bond donors (Lipinski definition) is 1. The Morgan fingerprint density at radius 1 is 0.762 bits per heavy atom. The summed E-state index contributed by atoms with van der Waals surface area (Å²) in [6.07, 6.45) is 2.98. The first-order valence-electron chi connectivity index (χ1n) is 15.0. The molecule has 3 aliphatic carbocycles. The molecule has 2 fully saturated rings. The molecule has 6 heteroatoms. The molecular weight excluding hydrogens is 524 g/mol. The van der Waals surface area contributed by atoms with E-state index < -0.39 is 11.8 Å². The number of aromatic amines is 1. The van der Waals surface area contributed by atoms with Crippen LogP contribution < -0.4 is 4.90 Å². The lowest BCUT2D eigenvalue weighted by atomic mass is 9.56. The summed E-state index contributed by atoms with van der Waals surface area (Å²) in [5.41, 5.74) is 4.80. The van der Waals surface area contributed by atoms with E-state index in [1.807, 2.05) is 18.2 Å². The van der Waals surface area contributed by atoms with Crippen molar-refractivity contribution in [3.63, 3.8) is 0 Å². The maximum atomic E-state index is 14.4. The van der Waals surface area contributed by atoms with E-state index in [4.69, 9.17) is 0 Å². The molecule has 3 aromatic carbocycles. The number of benzene rings is 3. The molecule has 1 aromatic heterocycles. The van der Waals surface area contributed by atoms with Crippen LogP contribution in [0.5, 0.6) is 0 Å². The Morgan fingerprint density at radius 3 is 2.17 bits per heavy atom. The molecule has 0 spiro atoms. The smallest absolute Gasteiger partial charge is 0.243 e. The van der Waals surface area contributed by atoms with Gasteiger partial charge < -0.3 is 4.98 Å². The number of H-pyrrole nitrogens is 1. The monoisotopic (exact) mass is 556 g/mol. The van der Waals surface area contributed by atoms with Crippen LogP contribution in [0, 0.1) is 23.2 Å². The van der Waals surface area contributed by atoms with Crippen LogP contribution in [-0.4, -0.2) is 28.4 Å². The molecule has 8 rings (SSSR count). The lowest BCUT2D eigenvalue weighted by molar-refractivity contribution is -0.123. The van der Waals surface area contributed by atoms with E-state index in [-0.39, 0.29) is 46.2 Å². The highest BCUT2D eigenvalue weighted by atomic mass is 16.2. The normalized spacial score (nSPS) is 26.5. The number of carbonyl (C=O) groups excluding carboxylic acids is 4. The number of nitrogens with zero attached hydrogens (tertiary/aromatic N) is 1. The summed E-state index contributed by atoms with van der Waals surface area (Å²) in [6.45, 7) is 6.81. The Hall–Kier alpha value is -4.32. The molecule has 5 atom stereocenters. The van der Waals surface area contributed by atoms with E-state index in [2.05, 4.69) is 31.8 Å². The fourth-order valence-electron chi connectivity index (χ4n) is 8.48. The standard InChI is InChI=1S/C36H32N2O4/c1-36(2,3)18-12-14-20-25(16-18)29-30(31-28(20)24-10-6-7-11-27(24)37-31)35(42)38(34(29)41)19-13-15-23-26(17-19)33(40)22-9-5-4-8-21(22)32(23)39/h4-11,13,15,17-18,20,25,29-30,37H,12,14,16H2,1-3H3/t18-,20-,25-,29-,30+/m1/s1. The highest BCUT2D eigenvalue weighted by molar-refractivity contribution is 6.30. The molecule has 0 unspecified atom stereocenters. The van der Waals surface area contributed by atoms with Gasteiger partial charge in [-0.25, -0.2) is 4.90 Å². The average Bonchev–Trinajstić information content (AvgIpc) is 3.50. The summed E-state index contributed by atoms with van der Waals surface area (Å²) in [5, 5.41) is 1.14. The molecule has 2 heterocycles. The number of anilines is 1. The summed E-state index contributed by atoms with van der Waals surface area (Å²) in [7, 11) is 0. The van der Waals surface area contributed by atoms with E-state index in [9.17, 15) is 19.2 Å². The van der Waals surface area contributed by atoms with Gasteiger partial charge in [0.25, 0.3) is 0 Å². The second-order valence-electron chi connectivity index (χ2n) is 13.6. The van der Waals surface area contributed by atoms with E-state index >= 15 is 0 Å². The topological polar surface area (TPSA) is 87.3 Å². The minimum atomic E-state index is -0.603. The zero-order valence-electron chi connectivity index (χ0n) is 23.9. The van der Waals surface area contributed by atoms with Gasteiger partial charge in [-0.05, 0) is 72.3 Å². The zero-order chi connectivity index (χ0) is 29.1. The third kappa shape index (κ3) is 3.32. The maximum absolute atomic E-state index is 14.4. The van der Waals surface area contributed by atoms with Gasteiger partial charge in [-0.15, -0.1) is 0 Å². The first kappa shape index (κ1) is 25.4. The third-order valence-electron chi connectivity index (χ3n) is 10.6. The zero-order valence-corrected chi connectivity index (χ0v) is 23.9. The Bertz CT molecular complexity index is 1870. The van der Waals surface area contributed by atoms with Crippen LogP contribution in [0.4, 0.5) is 5.69 Å². The van der Waals surface area contributed by atoms with Crippen molar-refractivity contribution in [2.75, 3.05) is 4.90 Å². The van der Waals surface area contributed by atoms with Crippen molar-refractivity contribution in [2.24, 2.45) is 23.2 Å². The third-order valence-corrected chi connectivity index (χ3v) is 10.6. The fraction of sp³-hybridized carbons (Fsp3) is 0.333. The van der Waals surface area contributed by atoms with Crippen molar-refractivity contribution < 1.29 is 19.2 Å². The Kier molecular flexibility index (Phi) is 5.20. The quantitative estimate of drug-likeness (QED) is 0.231. The summed E-state index contributed by atoms with van der Waals surface area (Å²) < 4.78 is 0. The molecule has 2 amide bonds. The largest absolute Gasteiger partial charge is 0.357 e. The molecule has 1 saturated heterocycles. The minimum Gasteiger partial charge on any atom is -0.357 e. The Labute approximate surface area is 244 Å². The maximum Gasteiger partial charge on any atom is 0.243 e. The van der Waals surface area contributed by atoms with Gasteiger partial charge in [-0.1, -0.05) is 63.2 Å². The van der Waals surface area contributed by atoms with Crippen LogP contribution in [-0.2, 0) is 9.59 Å². The lowest BCUT2D eigenvalue weighted by Crippen LogP contribution is -2.41. The molecule has 4 aliphatic rings. The van der Waals surface area contributed by atoms with Gasteiger partial charge in [0.1, 0.15) is 0 Å². The van der Waals surface area contributed by atoms with Crippen LogP contribution in [0.2, 0.25) is 0 Å². The van der Waals surface area contributed by atoms with Crippen LogP contribution in [0.15, 0.2) is 66.7 Å². The van der Waals surface area contributed by atoms with Gasteiger partial charge >= 0.3 is 0 Å². The average molecular weight is 557 g/mol. The second kappa shape index (κ2) is 8.60. The summed E-state index contributed by atoms with van der Waals surface area (Å²) in [5.74, 6) is -1.32. The van der Waals surface area contributed by atoms with Crippen molar-refractivity contribution >= 4 is 40.0 Å². The summed E-state index contributed by atoms with van der Waals surface area (Å²) in [6, 6.07) is 19.8. The van der Waals surface area contributed by atoms with E-state index in [0.717, 1.165) is 35.9 Å². The number of aromatic nitrogens is 1. The number of rotatable bonds is 1. The predicted molar refractivity (Wildman–Crippen MR) is 160 cm³/mol. The van der Waals surface area contributed by atoms with Crippen LogP contribution in [0.3, 0.4) is 0 Å². The van der Waals surface area contributed by atoms with Gasteiger partial charge in [0.05, 0.1) is 17.5 Å². The van der Waals surface area contributed by atoms with E-state index in [1.165, 1.54) is 10.5 Å². The predicted octanol–water partition coefficient (Wildman–Crippen LogP) is 6.78. The molecule has 42 heavy (non-hydrogen) atoms. The van der Waals surface area contributed by atoms with Crippen LogP contribution in [0.1, 0.15) is 95.0 Å². The van der Waals surface area contributed by atoms with Crippen LogP contribution >= 0.6 is 0 Å². The van der Waals surface area contributed by atoms with Crippen molar-refractivity contribution in [1.82, 2.24) is 4.98 Å². The van der Waals surface area contributed by atoms with Crippen LogP contribution in [0.25, 0.3) is 10.9 Å². The van der Waals surface area contributed by atoms with Crippen molar-refractivity contribution in [3.8, 4) is 0 Å². The number of imide groups is 1. The molecule has 1 N–H and O–H groups in total. The highest BCUT2D eigenvalue weighted by Crippen LogP contribution is 2.60. The number of para-hydroxylation sites is 1. The van der Waals surface area contributed by atoms with Crippen molar-refractivity contribution in [3.05, 3.63) is 100 Å². The highest BCUT2D eigenvalue weighted by Gasteiger charge is 2.59. The number of carbonyl (C=O) groups is 4. The van der Waals surface area contributed by atoms with E-state index in [1.54, 1.807) is 42.5 Å². The first-order chi connectivity index (χ1) is 20.1. The van der Waals surface area contributed by atoms with Crippen molar-refractivity contribution in [1.29, 1.82) is 0 Å². The fourth-order valence-corrected chi connectivity index (χ4v) is 8.48. The number of fused-ring (bicyclic) bond motifs is 10.